The van der Waals surface area contributed by atoms with E-state index < -0.39 is 0 Å². The minimum absolute atomic E-state index is 0.0278. The molecule has 0 aromatic carbocycles. The maximum atomic E-state index is 11.9. The average Bonchev–Trinajstić information content (AvgIpc) is 2.92. The number of rotatable bonds is 4. The maximum Gasteiger partial charge on any atom is 0.180 e. The number of nitrogens with zero attached hydrogens (tertiary/aromatic N) is 3. The van der Waals surface area contributed by atoms with Crippen LogP contribution in [0.4, 0.5) is 0 Å². The predicted octanol–water partition coefficient (Wildman–Crippen LogP) is 2.52. The molecule has 0 radical (unpaired) electrons. The van der Waals surface area contributed by atoms with Gasteiger partial charge in [-0.3, -0.25) is 14.5 Å². The summed E-state index contributed by atoms with van der Waals surface area (Å²) in [5.74, 6) is 0.0278. The summed E-state index contributed by atoms with van der Waals surface area (Å²) in [6.07, 6.45) is 2.62. The van der Waals surface area contributed by atoms with Gasteiger partial charge in [-0.1, -0.05) is 18.5 Å². The molecule has 0 bridgehead atoms. The summed E-state index contributed by atoms with van der Waals surface area (Å²) >= 11 is 7.53. The highest BCUT2D eigenvalue weighted by atomic mass is 35.5. The highest BCUT2D eigenvalue weighted by Gasteiger charge is 2.17. The molecule has 0 aliphatic rings. The lowest BCUT2D eigenvalue weighted by molar-refractivity contribution is 0.0994. The second kappa shape index (κ2) is 4.98. The predicted molar refractivity (Wildman–Crippen MR) is 67.7 cm³/mol. The number of thiazole rings is 1. The lowest BCUT2D eigenvalue weighted by atomic mass is 10.2. The van der Waals surface area contributed by atoms with E-state index in [1.807, 2.05) is 6.92 Å². The number of carbonyl (C=O) groups is 1. The molecule has 6 heteroatoms. The van der Waals surface area contributed by atoms with Crippen molar-refractivity contribution in [3.8, 4) is 0 Å². The third-order valence-corrected chi connectivity index (χ3v) is 3.79. The van der Waals surface area contributed by atoms with Crippen LogP contribution in [0.25, 0.3) is 0 Å². The number of hydrogen-bond acceptors (Lipinski definition) is 4. The van der Waals surface area contributed by atoms with Gasteiger partial charge in [0, 0.05) is 13.2 Å². The van der Waals surface area contributed by atoms with Gasteiger partial charge in [0.15, 0.2) is 5.78 Å². The Morgan fingerprint density at radius 3 is 2.88 bits per heavy atom. The fourth-order valence-electron chi connectivity index (χ4n) is 1.60. The van der Waals surface area contributed by atoms with Gasteiger partial charge in [0.05, 0.1) is 33.2 Å². The summed E-state index contributed by atoms with van der Waals surface area (Å²) in [6, 6.07) is 0. The Balaban J connectivity index is 2.25. The largest absolute Gasteiger partial charge is 0.293 e. The van der Waals surface area contributed by atoms with Crippen LogP contribution in [0.2, 0.25) is 5.02 Å². The molecular weight excluding hydrogens is 258 g/mol. The summed E-state index contributed by atoms with van der Waals surface area (Å²) in [4.78, 5) is 16.5. The summed E-state index contributed by atoms with van der Waals surface area (Å²) in [5.41, 5.74) is 3.25. The van der Waals surface area contributed by atoms with Gasteiger partial charge in [-0.2, -0.15) is 5.10 Å². The molecule has 17 heavy (non-hydrogen) atoms. The van der Waals surface area contributed by atoms with Gasteiger partial charge >= 0.3 is 0 Å². The Morgan fingerprint density at radius 2 is 2.35 bits per heavy atom. The molecule has 90 valence electrons. The molecule has 2 heterocycles. The van der Waals surface area contributed by atoms with Crippen molar-refractivity contribution in [1.29, 1.82) is 0 Å². The third kappa shape index (κ3) is 2.40. The van der Waals surface area contributed by atoms with Crippen LogP contribution in [0.5, 0.6) is 0 Å². The van der Waals surface area contributed by atoms with Crippen LogP contribution in [0.3, 0.4) is 0 Å². The standard InChI is InChI=1S/C11H12ClN3OS/c1-3-7-11(12)8(15(2)14-7)4-9(16)10-5-13-6-17-10/h5-6H,3-4H2,1-2H3. The SMILES string of the molecule is CCc1nn(C)c(CC(=O)c2cncs2)c1Cl. The van der Waals surface area contributed by atoms with E-state index in [9.17, 15) is 4.79 Å². The van der Waals surface area contributed by atoms with E-state index in [0.717, 1.165) is 17.8 Å². The van der Waals surface area contributed by atoms with E-state index in [1.165, 1.54) is 11.3 Å². The molecule has 0 aliphatic carbocycles. The van der Waals surface area contributed by atoms with Gasteiger partial charge in [0.25, 0.3) is 0 Å². The molecule has 0 saturated carbocycles. The number of aromatic nitrogens is 3. The quantitative estimate of drug-likeness (QED) is 0.802. The summed E-state index contributed by atoms with van der Waals surface area (Å²) in [7, 11) is 1.81. The van der Waals surface area contributed by atoms with Crippen LogP contribution < -0.4 is 0 Å². The first-order valence-corrected chi connectivity index (χ1v) is 6.51. The summed E-state index contributed by atoms with van der Waals surface area (Å²) in [5, 5.41) is 4.89. The molecule has 2 aromatic heterocycles. The zero-order chi connectivity index (χ0) is 12.4. The van der Waals surface area contributed by atoms with Crippen LogP contribution in [-0.2, 0) is 19.9 Å². The number of carbonyl (C=O) groups excluding carboxylic acids is 1. The normalized spacial score (nSPS) is 10.8. The summed E-state index contributed by atoms with van der Waals surface area (Å²) in [6.45, 7) is 1.99. The Hall–Kier alpha value is -1.20. The molecular formula is C11H12ClN3OS. The first-order valence-electron chi connectivity index (χ1n) is 5.25. The van der Waals surface area contributed by atoms with Crippen LogP contribution in [-0.4, -0.2) is 20.5 Å². The lowest BCUT2D eigenvalue weighted by Crippen LogP contribution is -2.07. The lowest BCUT2D eigenvalue weighted by Gasteiger charge is -2.00. The van der Waals surface area contributed by atoms with Crippen molar-refractivity contribution in [1.82, 2.24) is 14.8 Å². The van der Waals surface area contributed by atoms with E-state index in [1.54, 1.807) is 23.4 Å². The smallest absolute Gasteiger partial charge is 0.180 e. The molecule has 0 unspecified atom stereocenters. The second-order valence-corrected chi connectivity index (χ2v) is 4.91. The van der Waals surface area contributed by atoms with E-state index in [-0.39, 0.29) is 12.2 Å². The Bertz CT molecular complexity index is 533. The first-order chi connectivity index (χ1) is 8.13. The van der Waals surface area contributed by atoms with Crippen LogP contribution in [0.1, 0.15) is 28.0 Å². The Morgan fingerprint density at radius 1 is 1.59 bits per heavy atom. The molecule has 2 rings (SSSR count). The highest BCUT2D eigenvalue weighted by Crippen LogP contribution is 2.22. The average molecular weight is 270 g/mol. The van der Waals surface area contributed by atoms with Gasteiger partial charge in [-0.25, -0.2) is 0 Å². The second-order valence-electron chi connectivity index (χ2n) is 3.65. The van der Waals surface area contributed by atoms with Gasteiger partial charge in [0.2, 0.25) is 0 Å². The molecule has 0 fully saturated rings. The molecule has 2 aromatic rings. The number of ketones is 1. The first kappa shape index (κ1) is 12.3. The highest BCUT2D eigenvalue weighted by molar-refractivity contribution is 7.11. The fraction of sp³-hybridized carbons (Fsp3) is 0.364. The molecule has 0 atom stereocenters. The van der Waals surface area contributed by atoms with Gasteiger partial charge in [0.1, 0.15) is 0 Å². The van der Waals surface area contributed by atoms with E-state index in [0.29, 0.717) is 9.90 Å². The molecule has 0 aliphatic heterocycles. The fourth-order valence-corrected chi connectivity index (χ4v) is 2.53. The van der Waals surface area contributed by atoms with Crippen molar-refractivity contribution in [3.63, 3.8) is 0 Å². The van der Waals surface area contributed by atoms with E-state index in [4.69, 9.17) is 11.6 Å². The van der Waals surface area contributed by atoms with Crippen molar-refractivity contribution < 1.29 is 4.79 Å². The molecule has 0 spiro atoms. The molecule has 0 amide bonds. The van der Waals surface area contributed by atoms with Gasteiger partial charge in [-0.15, -0.1) is 11.3 Å². The molecule has 0 N–H and O–H groups in total. The Labute approximate surface area is 108 Å². The van der Waals surface area contributed by atoms with Crippen molar-refractivity contribution in [2.24, 2.45) is 7.05 Å². The minimum Gasteiger partial charge on any atom is -0.293 e. The van der Waals surface area contributed by atoms with Gasteiger partial charge < -0.3 is 0 Å². The van der Waals surface area contributed by atoms with Crippen molar-refractivity contribution >= 4 is 28.7 Å². The number of hydrogen-bond donors (Lipinski definition) is 0. The Kier molecular flexibility index (Phi) is 3.59. The molecule has 0 saturated heterocycles. The number of Topliss-reactive ketones (excluding diaryl/α,β-unsaturated/α-hetero) is 1. The van der Waals surface area contributed by atoms with Crippen LogP contribution in [0.15, 0.2) is 11.7 Å². The molecule has 4 nitrogen and oxygen atoms in total. The van der Waals surface area contributed by atoms with Crippen LogP contribution in [0, 0.1) is 0 Å². The van der Waals surface area contributed by atoms with E-state index >= 15 is 0 Å². The maximum absolute atomic E-state index is 11.9. The van der Waals surface area contributed by atoms with Gasteiger partial charge in [-0.05, 0) is 6.42 Å². The topological polar surface area (TPSA) is 47.8 Å². The summed E-state index contributed by atoms with van der Waals surface area (Å²) < 4.78 is 1.68. The van der Waals surface area contributed by atoms with Crippen molar-refractivity contribution in [3.05, 3.63) is 33.0 Å². The van der Waals surface area contributed by atoms with Crippen LogP contribution >= 0.6 is 22.9 Å². The number of aryl methyl sites for hydroxylation is 2. The number of halogens is 1. The van der Waals surface area contributed by atoms with E-state index in [2.05, 4.69) is 10.1 Å². The van der Waals surface area contributed by atoms with Crippen molar-refractivity contribution in [2.45, 2.75) is 19.8 Å². The zero-order valence-electron chi connectivity index (χ0n) is 9.61. The minimum atomic E-state index is 0.0278. The van der Waals surface area contributed by atoms with Crippen molar-refractivity contribution in [2.75, 3.05) is 0 Å². The third-order valence-electron chi connectivity index (χ3n) is 2.54. The zero-order valence-corrected chi connectivity index (χ0v) is 11.2. The monoisotopic (exact) mass is 269 g/mol.